The number of hydrogen-bond donors (Lipinski definition) is 1. The van der Waals surface area contributed by atoms with Gasteiger partial charge in [0.2, 0.25) is 5.65 Å². The van der Waals surface area contributed by atoms with Gasteiger partial charge in [0.15, 0.2) is 0 Å². The van der Waals surface area contributed by atoms with E-state index in [2.05, 4.69) is 0 Å². The number of rotatable bonds is 2. The first kappa shape index (κ1) is 13.2. The number of likely N-dealkylation sites (tertiary alicyclic amines) is 1. The lowest BCUT2D eigenvalue weighted by Gasteiger charge is -2.14. The third-order valence-corrected chi connectivity index (χ3v) is 2.77. The zero-order chi connectivity index (χ0) is 12.3. The largest absolute Gasteiger partial charge is 0.471 e. The van der Waals surface area contributed by atoms with Crippen LogP contribution in [0.4, 0.5) is 18.0 Å². The summed E-state index contributed by atoms with van der Waals surface area (Å²) in [6, 6.07) is 0. The van der Waals surface area contributed by atoms with E-state index in [0.717, 1.165) is 0 Å². The number of alkyl halides is 3. The van der Waals surface area contributed by atoms with Gasteiger partial charge >= 0.3 is 12.1 Å². The first-order chi connectivity index (χ1) is 7.30. The predicted molar refractivity (Wildman–Crippen MR) is 53.9 cm³/mol. The van der Waals surface area contributed by atoms with Crippen LogP contribution in [-0.4, -0.2) is 42.3 Å². The summed E-state index contributed by atoms with van der Waals surface area (Å²) in [6.45, 7) is 0.863. The second kappa shape index (κ2) is 4.99. The van der Waals surface area contributed by atoms with Crippen LogP contribution in [0.3, 0.4) is 0 Å². The average Bonchev–Trinajstić information content (AvgIpc) is 2.60. The van der Waals surface area contributed by atoms with Gasteiger partial charge in [-0.05, 0) is 21.6 Å². The molecule has 4 nitrogen and oxygen atoms in total. The van der Waals surface area contributed by atoms with Crippen LogP contribution in [0.1, 0.15) is 6.42 Å². The molecule has 1 N–H and O–H groups in total. The number of amides is 2. The van der Waals surface area contributed by atoms with Crippen LogP contribution in [0.5, 0.6) is 0 Å². The van der Waals surface area contributed by atoms with Crippen molar-refractivity contribution in [2.45, 2.75) is 12.6 Å². The van der Waals surface area contributed by atoms with Crippen LogP contribution in [0.2, 0.25) is 0 Å². The predicted octanol–water partition coefficient (Wildman–Crippen LogP) is 0.982. The van der Waals surface area contributed by atoms with E-state index in [1.807, 2.05) is 14.6 Å². The molecule has 1 fully saturated rings. The Morgan fingerprint density at radius 1 is 1.44 bits per heavy atom. The van der Waals surface area contributed by atoms with Crippen molar-refractivity contribution < 1.29 is 22.8 Å². The molecule has 2 amide bonds. The Bertz CT molecular complexity index is 295. The zero-order valence-electron chi connectivity index (χ0n) is 8.38. The Balaban J connectivity index is 2.31. The van der Waals surface area contributed by atoms with Crippen LogP contribution >= 0.6 is 9.24 Å². The molecule has 1 heterocycles. The summed E-state index contributed by atoms with van der Waals surface area (Å²) in [4.78, 5) is 22.9. The Morgan fingerprint density at radius 3 is 2.50 bits per heavy atom. The van der Waals surface area contributed by atoms with Crippen molar-refractivity contribution in [1.29, 1.82) is 0 Å². The molecule has 0 saturated carbocycles. The Hall–Kier alpha value is -0.840. The van der Waals surface area contributed by atoms with E-state index in [4.69, 9.17) is 0 Å². The Morgan fingerprint density at radius 2 is 2.06 bits per heavy atom. The molecule has 1 saturated heterocycles. The number of carbonyl (C=O) groups is 2. The summed E-state index contributed by atoms with van der Waals surface area (Å²) in [5.74, 6) is -2.03. The fraction of sp³-hybridized carbons (Fsp3) is 0.750. The summed E-state index contributed by atoms with van der Waals surface area (Å²) >= 11 is 0. The van der Waals surface area contributed by atoms with Crippen molar-refractivity contribution in [3.63, 3.8) is 0 Å². The van der Waals surface area contributed by atoms with Crippen molar-refractivity contribution >= 4 is 20.8 Å². The van der Waals surface area contributed by atoms with E-state index < -0.39 is 12.1 Å². The maximum atomic E-state index is 11.8. The molecule has 2 atom stereocenters. The number of nitrogens with zero attached hydrogens (tertiary/aromatic N) is 1. The summed E-state index contributed by atoms with van der Waals surface area (Å²) in [5.41, 5.74) is -0.176. The summed E-state index contributed by atoms with van der Waals surface area (Å²) in [7, 11) is 2.01. The van der Waals surface area contributed by atoms with Crippen LogP contribution in [-0.2, 0) is 4.79 Å². The molecule has 0 spiro atoms. The van der Waals surface area contributed by atoms with Crippen LogP contribution < -0.4 is 5.32 Å². The Kier molecular flexibility index (Phi) is 4.13. The minimum Gasteiger partial charge on any atom is -0.348 e. The molecule has 92 valence electrons. The van der Waals surface area contributed by atoms with Gasteiger partial charge in [0.05, 0.1) is 0 Å². The van der Waals surface area contributed by atoms with E-state index in [9.17, 15) is 22.8 Å². The lowest BCUT2D eigenvalue weighted by molar-refractivity contribution is -0.173. The molecule has 8 heteroatoms. The molecule has 16 heavy (non-hydrogen) atoms. The van der Waals surface area contributed by atoms with E-state index in [1.54, 1.807) is 0 Å². The van der Waals surface area contributed by atoms with Crippen molar-refractivity contribution in [3.8, 4) is 0 Å². The van der Waals surface area contributed by atoms with E-state index in [-0.39, 0.29) is 18.1 Å². The van der Waals surface area contributed by atoms with Gasteiger partial charge in [-0.3, -0.25) is 9.59 Å². The van der Waals surface area contributed by atoms with E-state index >= 15 is 0 Å². The van der Waals surface area contributed by atoms with E-state index in [1.165, 1.54) is 4.90 Å². The molecule has 0 aromatic carbocycles. The summed E-state index contributed by atoms with van der Waals surface area (Å²) in [5, 5.41) is 1.82. The minimum atomic E-state index is -4.84. The third kappa shape index (κ3) is 3.63. The molecule has 0 radical (unpaired) electrons. The number of hydrogen-bond acceptors (Lipinski definition) is 2. The van der Waals surface area contributed by atoms with Gasteiger partial charge in [0.1, 0.15) is 0 Å². The maximum Gasteiger partial charge on any atom is 0.471 e. The third-order valence-electron chi connectivity index (χ3n) is 2.41. The monoisotopic (exact) mass is 256 g/mol. The van der Waals surface area contributed by atoms with Crippen molar-refractivity contribution in [1.82, 2.24) is 10.2 Å². The molecule has 0 bridgehead atoms. The van der Waals surface area contributed by atoms with Gasteiger partial charge in [-0.15, -0.1) is 0 Å². The average molecular weight is 256 g/mol. The fourth-order valence-corrected chi connectivity index (χ4v) is 1.77. The number of nitrogens with one attached hydrogen (secondary N) is 1. The van der Waals surface area contributed by atoms with Crippen LogP contribution in [0.15, 0.2) is 0 Å². The standard InChI is InChI=1S/C8H12F3N2O2P/c9-8(10,11)6(14)12-3-5-1-2-13(4-5)7(15)16/h5H,1-4,16H2,(H,12,14). The highest BCUT2D eigenvalue weighted by Crippen LogP contribution is 2.19. The summed E-state index contributed by atoms with van der Waals surface area (Å²) < 4.78 is 35.5. The maximum absolute atomic E-state index is 11.8. The van der Waals surface area contributed by atoms with Crippen LogP contribution in [0, 0.1) is 5.92 Å². The molecule has 0 aromatic rings. The normalized spacial score (nSPS) is 21.0. The van der Waals surface area contributed by atoms with Crippen molar-refractivity contribution in [2.24, 2.45) is 5.92 Å². The first-order valence-corrected chi connectivity index (χ1v) is 5.28. The second-order valence-corrected chi connectivity index (χ2v) is 4.14. The first-order valence-electron chi connectivity index (χ1n) is 4.70. The van der Waals surface area contributed by atoms with Crippen molar-refractivity contribution in [2.75, 3.05) is 19.6 Å². The second-order valence-electron chi connectivity index (χ2n) is 3.65. The van der Waals surface area contributed by atoms with Gasteiger partial charge in [-0.1, -0.05) is 0 Å². The van der Waals surface area contributed by atoms with Gasteiger partial charge in [0, 0.05) is 19.6 Å². The number of halogens is 3. The molecule has 1 aliphatic heterocycles. The Labute approximate surface area is 92.7 Å². The fourth-order valence-electron chi connectivity index (χ4n) is 1.54. The van der Waals surface area contributed by atoms with Gasteiger partial charge < -0.3 is 10.2 Å². The topological polar surface area (TPSA) is 49.4 Å². The molecule has 2 unspecified atom stereocenters. The molecule has 1 aliphatic rings. The molecule has 0 aromatic heterocycles. The highest BCUT2D eigenvalue weighted by Gasteiger charge is 2.39. The summed E-state index contributed by atoms with van der Waals surface area (Å²) in [6.07, 6.45) is -4.23. The van der Waals surface area contributed by atoms with Crippen LogP contribution in [0.25, 0.3) is 0 Å². The number of carbonyl (C=O) groups excluding carboxylic acids is 2. The van der Waals surface area contributed by atoms with Gasteiger partial charge in [0.25, 0.3) is 0 Å². The minimum absolute atomic E-state index is 0.0488. The zero-order valence-corrected chi connectivity index (χ0v) is 9.54. The molecular formula is C8H12F3N2O2P. The molecule has 1 rings (SSSR count). The molecule has 0 aliphatic carbocycles. The highest BCUT2D eigenvalue weighted by atomic mass is 31.0. The lowest BCUT2D eigenvalue weighted by Crippen LogP contribution is -2.39. The lowest BCUT2D eigenvalue weighted by atomic mass is 10.1. The quantitative estimate of drug-likeness (QED) is 0.749. The smallest absolute Gasteiger partial charge is 0.348 e. The van der Waals surface area contributed by atoms with Gasteiger partial charge in [-0.2, -0.15) is 13.2 Å². The molecular weight excluding hydrogens is 244 g/mol. The van der Waals surface area contributed by atoms with Gasteiger partial charge in [-0.25, -0.2) is 0 Å². The van der Waals surface area contributed by atoms with E-state index in [0.29, 0.717) is 19.5 Å². The highest BCUT2D eigenvalue weighted by molar-refractivity contribution is 7.39. The SMILES string of the molecule is O=C(P)N1CCC(CNC(=O)C(F)(F)F)C1. The van der Waals surface area contributed by atoms with Crippen molar-refractivity contribution in [3.05, 3.63) is 0 Å².